The second-order valence-corrected chi connectivity index (χ2v) is 12.3. The lowest BCUT2D eigenvalue weighted by Crippen LogP contribution is -2.45. The van der Waals surface area contributed by atoms with Crippen LogP contribution in [0.4, 0.5) is 23.3 Å². The Kier molecular flexibility index (Phi) is 8.61. The predicted molar refractivity (Wildman–Crippen MR) is 151 cm³/mol. The van der Waals surface area contributed by atoms with Crippen LogP contribution in [0.3, 0.4) is 0 Å². The van der Waals surface area contributed by atoms with Gasteiger partial charge in [-0.05, 0) is 64.1 Å². The first-order chi connectivity index (χ1) is 18.0. The number of aromatic nitrogens is 3. The van der Waals surface area contributed by atoms with Gasteiger partial charge in [0.2, 0.25) is 16.0 Å². The molecule has 38 heavy (non-hydrogen) atoms. The average molecular weight is 539 g/mol. The Morgan fingerprint density at radius 3 is 2.34 bits per heavy atom. The first-order valence-corrected chi connectivity index (χ1v) is 14.4. The molecular weight excluding hydrogens is 500 g/mol. The number of pyridine rings is 1. The van der Waals surface area contributed by atoms with Crippen LogP contribution in [0.5, 0.6) is 0 Å². The lowest BCUT2D eigenvalue weighted by Gasteiger charge is -2.33. The Hall–Kier alpha value is -3.12. The molecule has 0 unspecified atom stereocenters. The third-order valence-electron chi connectivity index (χ3n) is 6.20. The average Bonchev–Trinajstić information content (AvgIpc) is 2.86. The number of nitrogens with one attached hydrogen (secondary N) is 3. The highest BCUT2D eigenvalue weighted by atomic mass is 32.2. The standard InChI is InChI=1S/C27H38N8O2S/c1-6-34-12-14-35(15-13-34)19-21-10-11-24(28-18-21)31-26-29-17-20(2)25(32-26)30-22-8-7-9-23(16-22)38(36,37)33-27(3,4)5/h7-11,16-18,33H,6,12-15,19H2,1-5H3,(H2,28,29,30,31,32). The lowest BCUT2D eigenvalue weighted by atomic mass is 10.1. The largest absolute Gasteiger partial charge is 0.340 e. The van der Waals surface area contributed by atoms with Crippen LogP contribution >= 0.6 is 0 Å². The van der Waals surface area contributed by atoms with Crippen LogP contribution in [0.25, 0.3) is 0 Å². The van der Waals surface area contributed by atoms with Crippen LogP contribution in [0.2, 0.25) is 0 Å². The smallest absolute Gasteiger partial charge is 0.241 e. The van der Waals surface area contributed by atoms with Crippen LogP contribution in [-0.4, -0.2) is 71.4 Å². The molecule has 3 heterocycles. The zero-order chi connectivity index (χ0) is 27.3. The molecule has 0 radical (unpaired) electrons. The van der Waals surface area contributed by atoms with Gasteiger partial charge in [-0.2, -0.15) is 4.98 Å². The van der Waals surface area contributed by atoms with E-state index in [1.807, 2.05) is 40.0 Å². The Morgan fingerprint density at radius 2 is 1.68 bits per heavy atom. The fraction of sp³-hybridized carbons (Fsp3) is 0.444. The zero-order valence-electron chi connectivity index (χ0n) is 22.8. The van der Waals surface area contributed by atoms with Crippen molar-refractivity contribution in [3.63, 3.8) is 0 Å². The number of anilines is 4. The van der Waals surface area contributed by atoms with Crippen molar-refractivity contribution < 1.29 is 8.42 Å². The molecule has 10 nitrogen and oxygen atoms in total. The van der Waals surface area contributed by atoms with E-state index in [0.29, 0.717) is 23.3 Å². The molecule has 1 aliphatic rings. The first-order valence-electron chi connectivity index (χ1n) is 12.9. The molecule has 1 fully saturated rings. The molecule has 0 atom stereocenters. The summed E-state index contributed by atoms with van der Waals surface area (Å²) >= 11 is 0. The third kappa shape index (κ3) is 7.70. The van der Waals surface area contributed by atoms with Crippen molar-refractivity contribution in [3.05, 3.63) is 59.9 Å². The van der Waals surface area contributed by atoms with Crippen molar-refractivity contribution in [2.45, 2.75) is 51.6 Å². The van der Waals surface area contributed by atoms with Crippen molar-refractivity contribution in [1.29, 1.82) is 0 Å². The SMILES string of the molecule is CCN1CCN(Cc2ccc(Nc3ncc(C)c(Nc4cccc(S(=O)(=O)NC(C)(C)C)c4)n3)nc2)CC1. The summed E-state index contributed by atoms with van der Waals surface area (Å²) < 4.78 is 28.2. The normalized spacial score (nSPS) is 15.4. The first kappa shape index (κ1) is 27.9. The van der Waals surface area contributed by atoms with Crippen molar-refractivity contribution in [3.8, 4) is 0 Å². The number of piperazine rings is 1. The molecule has 0 spiro atoms. The molecule has 1 saturated heterocycles. The number of likely N-dealkylation sites (N-methyl/N-ethyl adjacent to an activating group) is 1. The van der Waals surface area contributed by atoms with Gasteiger partial charge in [0.05, 0.1) is 4.90 Å². The number of rotatable bonds is 9. The van der Waals surface area contributed by atoms with E-state index in [-0.39, 0.29) is 4.90 Å². The van der Waals surface area contributed by atoms with Crippen molar-refractivity contribution in [1.82, 2.24) is 29.5 Å². The molecule has 11 heteroatoms. The highest BCUT2D eigenvalue weighted by molar-refractivity contribution is 7.89. The van der Waals surface area contributed by atoms with E-state index in [9.17, 15) is 8.42 Å². The molecule has 2 aromatic heterocycles. The van der Waals surface area contributed by atoms with Crippen LogP contribution < -0.4 is 15.4 Å². The van der Waals surface area contributed by atoms with Crippen LogP contribution in [-0.2, 0) is 16.6 Å². The van der Waals surface area contributed by atoms with Gasteiger partial charge in [0.1, 0.15) is 11.6 Å². The van der Waals surface area contributed by atoms with E-state index in [1.54, 1.807) is 30.5 Å². The fourth-order valence-corrected chi connectivity index (χ4v) is 5.66. The van der Waals surface area contributed by atoms with Gasteiger partial charge >= 0.3 is 0 Å². The van der Waals surface area contributed by atoms with Gasteiger partial charge in [-0.1, -0.05) is 19.1 Å². The van der Waals surface area contributed by atoms with E-state index >= 15 is 0 Å². The zero-order valence-corrected chi connectivity index (χ0v) is 23.6. The Labute approximate surface area is 226 Å². The number of hydrogen-bond acceptors (Lipinski definition) is 9. The lowest BCUT2D eigenvalue weighted by molar-refractivity contribution is 0.132. The van der Waals surface area contributed by atoms with E-state index in [1.165, 1.54) is 5.56 Å². The summed E-state index contributed by atoms with van der Waals surface area (Å²) in [6, 6.07) is 10.7. The van der Waals surface area contributed by atoms with Gasteiger partial charge in [-0.25, -0.2) is 23.1 Å². The molecule has 204 valence electrons. The minimum atomic E-state index is -3.66. The summed E-state index contributed by atoms with van der Waals surface area (Å²) in [7, 11) is -3.66. The van der Waals surface area contributed by atoms with E-state index in [2.05, 4.69) is 53.1 Å². The van der Waals surface area contributed by atoms with Crippen molar-refractivity contribution >= 4 is 33.3 Å². The quantitative estimate of drug-likeness (QED) is 0.373. The van der Waals surface area contributed by atoms with Crippen molar-refractivity contribution in [2.75, 3.05) is 43.4 Å². The summed E-state index contributed by atoms with van der Waals surface area (Å²) in [5.41, 5.74) is 2.02. The van der Waals surface area contributed by atoms with E-state index < -0.39 is 15.6 Å². The topological polar surface area (TPSA) is 115 Å². The highest BCUT2D eigenvalue weighted by Gasteiger charge is 2.22. The molecule has 3 aromatic rings. The van der Waals surface area contributed by atoms with Crippen LogP contribution in [0.1, 0.15) is 38.8 Å². The maximum atomic E-state index is 12.8. The second-order valence-electron chi connectivity index (χ2n) is 10.6. The Balaban J connectivity index is 1.41. The van der Waals surface area contributed by atoms with Gasteiger partial charge < -0.3 is 15.5 Å². The van der Waals surface area contributed by atoms with Gasteiger partial charge in [0.25, 0.3) is 0 Å². The number of sulfonamides is 1. The minimum Gasteiger partial charge on any atom is -0.340 e. The summed E-state index contributed by atoms with van der Waals surface area (Å²) in [6.45, 7) is 15.9. The maximum absolute atomic E-state index is 12.8. The maximum Gasteiger partial charge on any atom is 0.241 e. The highest BCUT2D eigenvalue weighted by Crippen LogP contribution is 2.23. The number of nitrogens with zero attached hydrogens (tertiary/aromatic N) is 5. The van der Waals surface area contributed by atoms with Gasteiger partial charge in [0.15, 0.2) is 0 Å². The van der Waals surface area contributed by atoms with Crippen LogP contribution in [0, 0.1) is 6.92 Å². The summed E-state index contributed by atoms with van der Waals surface area (Å²) in [5.74, 6) is 1.62. The molecule has 1 aromatic carbocycles. The fourth-order valence-electron chi connectivity index (χ4n) is 4.20. The van der Waals surface area contributed by atoms with Gasteiger partial charge in [-0.15, -0.1) is 0 Å². The summed E-state index contributed by atoms with van der Waals surface area (Å²) in [6.07, 6.45) is 3.60. The molecular formula is C27H38N8O2S. The molecule has 4 rings (SSSR count). The molecule has 1 aliphatic heterocycles. The van der Waals surface area contributed by atoms with E-state index in [0.717, 1.165) is 44.8 Å². The van der Waals surface area contributed by atoms with Crippen molar-refractivity contribution in [2.24, 2.45) is 0 Å². The Bertz CT molecular complexity index is 1330. The number of aryl methyl sites for hydroxylation is 1. The van der Waals surface area contributed by atoms with Crippen LogP contribution in [0.15, 0.2) is 53.7 Å². The van der Waals surface area contributed by atoms with Gasteiger partial charge in [-0.3, -0.25) is 4.90 Å². The molecule has 3 N–H and O–H groups in total. The number of hydrogen-bond donors (Lipinski definition) is 3. The second kappa shape index (κ2) is 11.7. The third-order valence-corrected chi connectivity index (χ3v) is 7.96. The Morgan fingerprint density at radius 1 is 0.947 bits per heavy atom. The predicted octanol–water partition coefficient (Wildman–Crippen LogP) is 3.88. The molecule has 0 aliphatic carbocycles. The molecule has 0 saturated carbocycles. The number of benzene rings is 1. The van der Waals surface area contributed by atoms with E-state index in [4.69, 9.17) is 0 Å². The minimum absolute atomic E-state index is 0.180. The van der Waals surface area contributed by atoms with Gasteiger partial charge in [0, 0.05) is 61.9 Å². The summed E-state index contributed by atoms with van der Waals surface area (Å²) in [4.78, 5) is 18.6. The monoisotopic (exact) mass is 538 g/mol. The molecule has 0 amide bonds. The molecule has 0 bridgehead atoms. The summed E-state index contributed by atoms with van der Waals surface area (Å²) in [5, 5.41) is 6.39.